The van der Waals surface area contributed by atoms with Crippen molar-refractivity contribution in [2.45, 2.75) is 32.6 Å². The van der Waals surface area contributed by atoms with Crippen molar-refractivity contribution in [1.82, 2.24) is 10.3 Å². The van der Waals surface area contributed by atoms with E-state index in [2.05, 4.69) is 17.2 Å². The van der Waals surface area contributed by atoms with Crippen LogP contribution in [0.5, 0.6) is 0 Å². The van der Waals surface area contributed by atoms with Gasteiger partial charge in [0.05, 0.1) is 6.42 Å². The molecule has 78 valence electrons. The molecule has 0 aromatic carbocycles. The zero-order chi connectivity index (χ0) is 10.2. The second-order valence-electron chi connectivity index (χ2n) is 3.43. The van der Waals surface area contributed by atoms with Gasteiger partial charge >= 0.3 is 0 Å². The van der Waals surface area contributed by atoms with Gasteiger partial charge in [-0.1, -0.05) is 19.8 Å². The molecule has 1 rings (SSSR count). The van der Waals surface area contributed by atoms with Crippen LogP contribution in [0, 0.1) is 0 Å². The number of aromatic amines is 1. The lowest BCUT2D eigenvalue weighted by Gasteiger charge is -2.03. The number of hydrogen-bond acceptors (Lipinski definition) is 1. The van der Waals surface area contributed by atoms with Gasteiger partial charge in [0.25, 0.3) is 0 Å². The van der Waals surface area contributed by atoms with Gasteiger partial charge in [0.1, 0.15) is 0 Å². The van der Waals surface area contributed by atoms with Gasteiger partial charge in [0.2, 0.25) is 5.91 Å². The zero-order valence-corrected chi connectivity index (χ0v) is 8.68. The minimum atomic E-state index is 0.101. The first-order valence-electron chi connectivity index (χ1n) is 5.22. The molecule has 0 saturated carbocycles. The third kappa shape index (κ3) is 4.12. The molecule has 0 bridgehead atoms. The van der Waals surface area contributed by atoms with Crippen LogP contribution in [0.3, 0.4) is 0 Å². The third-order valence-corrected chi connectivity index (χ3v) is 2.12. The Hall–Kier alpha value is -1.25. The molecular weight excluding hydrogens is 176 g/mol. The molecule has 3 nitrogen and oxygen atoms in total. The molecule has 1 amide bonds. The number of carbonyl (C=O) groups excluding carboxylic acids is 1. The molecule has 14 heavy (non-hydrogen) atoms. The molecule has 2 N–H and O–H groups in total. The maximum Gasteiger partial charge on any atom is 0.225 e. The lowest BCUT2D eigenvalue weighted by Crippen LogP contribution is -2.26. The summed E-state index contributed by atoms with van der Waals surface area (Å²) in [5, 5.41) is 2.90. The molecule has 0 atom stereocenters. The number of nitrogens with one attached hydrogen (secondary N) is 2. The lowest BCUT2D eigenvalue weighted by molar-refractivity contribution is -0.120. The van der Waals surface area contributed by atoms with Crippen LogP contribution in [-0.2, 0) is 11.2 Å². The first-order valence-corrected chi connectivity index (χ1v) is 5.22. The summed E-state index contributed by atoms with van der Waals surface area (Å²) in [4.78, 5) is 14.4. The Morgan fingerprint density at radius 3 is 3.00 bits per heavy atom. The van der Waals surface area contributed by atoms with Gasteiger partial charge in [0, 0.05) is 18.4 Å². The van der Waals surface area contributed by atoms with Gasteiger partial charge in [-0.25, -0.2) is 0 Å². The van der Waals surface area contributed by atoms with E-state index in [9.17, 15) is 4.79 Å². The Labute approximate surface area is 84.9 Å². The normalized spacial score (nSPS) is 10.1. The molecule has 0 aliphatic heterocycles. The van der Waals surface area contributed by atoms with E-state index in [-0.39, 0.29) is 5.91 Å². The highest BCUT2D eigenvalue weighted by molar-refractivity contribution is 5.78. The molecule has 3 heteroatoms. The van der Waals surface area contributed by atoms with Crippen molar-refractivity contribution < 1.29 is 4.79 Å². The molecule has 0 radical (unpaired) electrons. The predicted molar refractivity (Wildman–Crippen MR) is 57.0 cm³/mol. The minimum absolute atomic E-state index is 0.101. The fraction of sp³-hybridized carbons (Fsp3) is 0.545. The highest BCUT2D eigenvalue weighted by Crippen LogP contribution is 1.96. The molecule has 1 heterocycles. The summed E-state index contributed by atoms with van der Waals surface area (Å²) in [5.74, 6) is 0.101. The van der Waals surface area contributed by atoms with Crippen molar-refractivity contribution in [2.24, 2.45) is 0 Å². The van der Waals surface area contributed by atoms with Crippen molar-refractivity contribution >= 4 is 5.91 Å². The van der Waals surface area contributed by atoms with Crippen molar-refractivity contribution in [2.75, 3.05) is 6.54 Å². The summed E-state index contributed by atoms with van der Waals surface area (Å²) in [7, 11) is 0. The van der Waals surface area contributed by atoms with E-state index < -0.39 is 0 Å². The van der Waals surface area contributed by atoms with E-state index in [1.165, 1.54) is 12.8 Å². The van der Waals surface area contributed by atoms with Crippen LogP contribution in [0.4, 0.5) is 0 Å². The molecule has 1 aromatic rings. The number of unbranched alkanes of at least 4 members (excludes halogenated alkanes) is 2. The second kappa shape index (κ2) is 6.24. The minimum Gasteiger partial charge on any atom is -0.365 e. The van der Waals surface area contributed by atoms with Crippen LogP contribution < -0.4 is 5.32 Å². The largest absolute Gasteiger partial charge is 0.365 e. The van der Waals surface area contributed by atoms with Crippen LogP contribution in [0.25, 0.3) is 0 Å². The highest BCUT2D eigenvalue weighted by Gasteiger charge is 2.01. The standard InChI is InChI=1S/C11H18N2O/c1-2-3-4-7-13-11(14)9-10-6-5-8-12-10/h5-6,8,12H,2-4,7,9H2,1H3,(H,13,14). The van der Waals surface area contributed by atoms with Crippen molar-refractivity contribution in [1.29, 1.82) is 0 Å². The summed E-state index contributed by atoms with van der Waals surface area (Å²) in [6.07, 6.45) is 5.74. The first kappa shape index (κ1) is 10.8. The average Bonchev–Trinajstić information content (AvgIpc) is 2.65. The number of amides is 1. The summed E-state index contributed by atoms with van der Waals surface area (Å²) in [6, 6.07) is 3.82. The van der Waals surface area contributed by atoms with E-state index in [4.69, 9.17) is 0 Å². The second-order valence-corrected chi connectivity index (χ2v) is 3.43. The van der Waals surface area contributed by atoms with Crippen LogP contribution in [0.1, 0.15) is 31.9 Å². The van der Waals surface area contributed by atoms with E-state index in [1.807, 2.05) is 18.3 Å². The van der Waals surface area contributed by atoms with E-state index >= 15 is 0 Å². The van der Waals surface area contributed by atoms with E-state index in [1.54, 1.807) is 0 Å². The molecule has 1 aromatic heterocycles. The van der Waals surface area contributed by atoms with Crippen LogP contribution in [0.2, 0.25) is 0 Å². The maximum atomic E-state index is 11.3. The fourth-order valence-electron chi connectivity index (χ4n) is 1.32. The van der Waals surface area contributed by atoms with Gasteiger partial charge in [-0.15, -0.1) is 0 Å². The summed E-state index contributed by atoms with van der Waals surface area (Å²) in [6.45, 7) is 2.95. The van der Waals surface area contributed by atoms with Crippen molar-refractivity contribution in [3.63, 3.8) is 0 Å². The first-order chi connectivity index (χ1) is 6.83. The summed E-state index contributed by atoms with van der Waals surface area (Å²) in [5.41, 5.74) is 0.970. The number of carbonyl (C=O) groups is 1. The van der Waals surface area contributed by atoms with Gasteiger partial charge in [-0.3, -0.25) is 4.79 Å². The monoisotopic (exact) mass is 194 g/mol. The number of rotatable bonds is 6. The Balaban J connectivity index is 2.11. The quantitative estimate of drug-likeness (QED) is 0.667. The Morgan fingerprint density at radius 1 is 1.50 bits per heavy atom. The van der Waals surface area contributed by atoms with Gasteiger partial charge in [-0.2, -0.15) is 0 Å². The molecule has 0 saturated heterocycles. The number of hydrogen-bond donors (Lipinski definition) is 2. The fourth-order valence-corrected chi connectivity index (χ4v) is 1.32. The average molecular weight is 194 g/mol. The van der Waals surface area contributed by atoms with E-state index in [0.717, 1.165) is 18.7 Å². The Morgan fingerprint density at radius 2 is 2.36 bits per heavy atom. The topological polar surface area (TPSA) is 44.9 Å². The van der Waals surface area contributed by atoms with Crippen LogP contribution in [0.15, 0.2) is 18.3 Å². The van der Waals surface area contributed by atoms with Crippen molar-refractivity contribution in [3.05, 3.63) is 24.0 Å². The zero-order valence-electron chi connectivity index (χ0n) is 8.68. The van der Waals surface area contributed by atoms with Gasteiger partial charge < -0.3 is 10.3 Å². The van der Waals surface area contributed by atoms with Crippen molar-refractivity contribution in [3.8, 4) is 0 Å². The van der Waals surface area contributed by atoms with Crippen LogP contribution >= 0.6 is 0 Å². The molecule has 0 aliphatic rings. The smallest absolute Gasteiger partial charge is 0.225 e. The van der Waals surface area contributed by atoms with E-state index in [0.29, 0.717) is 6.42 Å². The predicted octanol–water partition coefficient (Wildman–Crippen LogP) is 1.86. The molecular formula is C11H18N2O. The SMILES string of the molecule is CCCCCNC(=O)Cc1ccc[nH]1. The third-order valence-electron chi connectivity index (χ3n) is 2.12. The lowest BCUT2D eigenvalue weighted by atomic mass is 10.2. The highest BCUT2D eigenvalue weighted by atomic mass is 16.1. The molecule has 0 unspecified atom stereocenters. The molecule has 0 fully saturated rings. The van der Waals surface area contributed by atoms with Gasteiger partial charge in [0.15, 0.2) is 0 Å². The molecule has 0 aliphatic carbocycles. The number of aromatic nitrogens is 1. The van der Waals surface area contributed by atoms with Crippen LogP contribution in [-0.4, -0.2) is 17.4 Å². The number of H-pyrrole nitrogens is 1. The Kier molecular flexibility index (Phi) is 4.83. The maximum absolute atomic E-state index is 11.3. The summed E-state index contributed by atoms with van der Waals surface area (Å²) < 4.78 is 0. The summed E-state index contributed by atoms with van der Waals surface area (Å²) >= 11 is 0. The Bertz CT molecular complexity index is 254. The van der Waals surface area contributed by atoms with Gasteiger partial charge in [-0.05, 0) is 18.6 Å². The molecule has 0 spiro atoms.